The van der Waals surface area contributed by atoms with Gasteiger partial charge in [0.2, 0.25) is 0 Å². The van der Waals surface area contributed by atoms with Crippen LogP contribution < -0.4 is 5.32 Å². The maximum absolute atomic E-state index is 12.3. The third kappa shape index (κ3) is 3.46. The SMILES string of the molecule is Cc1nccn1CCc1nc2cc(NC(=O)c3ccccc3)ccc2n1C. The highest BCUT2D eigenvalue weighted by Gasteiger charge is 2.11. The fourth-order valence-electron chi connectivity index (χ4n) is 3.20. The molecule has 0 unspecified atom stereocenters. The van der Waals surface area contributed by atoms with E-state index in [1.807, 2.05) is 62.8 Å². The number of benzene rings is 2. The van der Waals surface area contributed by atoms with E-state index < -0.39 is 0 Å². The molecule has 2 heterocycles. The van der Waals surface area contributed by atoms with Gasteiger partial charge in [0.15, 0.2) is 0 Å². The predicted molar refractivity (Wildman–Crippen MR) is 106 cm³/mol. The van der Waals surface area contributed by atoms with Crippen molar-refractivity contribution in [1.82, 2.24) is 19.1 Å². The number of hydrogen-bond acceptors (Lipinski definition) is 3. The van der Waals surface area contributed by atoms with Crippen LogP contribution in [0.3, 0.4) is 0 Å². The third-order valence-electron chi connectivity index (χ3n) is 4.77. The number of nitrogens with one attached hydrogen (secondary N) is 1. The Balaban J connectivity index is 1.54. The highest BCUT2D eigenvalue weighted by Crippen LogP contribution is 2.21. The monoisotopic (exact) mass is 359 g/mol. The standard InChI is InChI=1S/C21H21N5O/c1-15-22-11-13-26(15)12-10-20-24-18-14-17(8-9-19(18)25(20)2)23-21(27)16-6-4-3-5-7-16/h3-9,11,13-14H,10,12H2,1-2H3,(H,23,27). The summed E-state index contributed by atoms with van der Waals surface area (Å²) in [6.07, 6.45) is 4.61. The van der Waals surface area contributed by atoms with Crippen LogP contribution in [0.1, 0.15) is 22.0 Å². The molecule has 0 saturated heterocycles. The van der Waals surface area contributed by atoms with E-state index in [1.54, 1.807) is 12.1 Å². The van der Waals surface area contributed by atoms with Crippen LogP contribution in [-0.2, 0) is 20.0 Å². The fraction of sp³-hybridized carbons (Fsp3) is 0.190. The second-order valence-corrected chi connectivity index (χ2v) is 6.53. The maximum atomic E-state index is 12.3. The van der Waals surface area contributed by atoms with E-state index in [0.29, 0.717) is 5.56 Å². The van der Waals surface area contributed by atoms with Gasteiger partial charge in [0.1, 0.15) is 11.6 Å². The molecule has 0 aliphatic carbocycles. The molecule has 4 aromatic rings. The molecule has 27 heavy (non-hydrogen) atoms. The molecule has 1 amide bonds. The average Bonchev–Trinajstić information content (AvgIpc) is 3.23. The summed E-state index contributed by atoms with van der Waals surface area (Å²) in [4.78, 5) is 21.4. The maximum Gasteiger partial charge on any atom is 0.255 e. The van der Waals surface area contributed by atoms with E-state index in [0.717, 1.165) is 41.3 Å². The Morgan fingerprint density at radius 2 is 1.96 bits per heavy atom. The van der Waals surface area contributed by atoms with Crippen molar-refractivity contribution in [3.63, 3.8) is 0 Å². The van der Waals surface area contributed by atoms with E-state index in [2.05, 4.69) is 19.4 Å². The Hall–Kier alpha value is -3.41. The van der Waals surface area contributed by atoms with Crippen molar-refractivity contribution in [1.29, 1.82) is 0 Å². The minimum absolute atomic E-state index is 0.123. The first-order valence-electron chi connectivity index (χ1n) is 8.91. The van der Waals surface area contributed by atoms with Crippen molar-refractivity contribution < 1.29 is 4.79 Å². The van der Waals surface area contributed by atoms with E-state index >= 15 is 0 Å². The van der Waals surface area contributed by atoms with Gasteiger partial charge in [0.05, 0.1) is 11.0 Å². The lowest BCUT2D eigenvalue weighted by atomic mass is 10.2. The van der Waals surface area contributed by atoms with Gasteiger partial charge in [-0.25, -0.2) is 9.97 Å². The highest BCUT2D eigenvalue weighted by atomic mass is 16.1. The topological polar surface area (TPSA) is 64.7 Å². The number of nitrogens with zero attached hydrogens (tertiary/aromatic N) is 4. The Kier molecular flexibility index (Phi) is 4.46. The first-order chi connectivity index (χ1) is 13.1. The number of carbonyl (C=O) groups excluding carboxylic acids is 1. The summed E-state index contributed by atoms with van der Waals surface area (Å²) in [5, 5.41) is 2.94. The van der Waals surface area contributed by atoms with Crippen LogP contribution in [0.4, 0.5) is 5.69 Å². The van der Waals surface area contributed by atoms with Crippen molar-refractivity contribution in [2.45, 2.75) is 19.9 Å². The van der Waals surface area contributed by atoms with Crippen LogP contribution >= 0.6 is 0 Å². The number of imidazole rings is 2. The molecule has 4 rings (SSSR count). The summed E-state index contributed by atoms with van der Waals surface area (Å²) in [5.41, 5.74) is 3.30. The quantitative estimate of drug-likeness (QED) is 0.592. The Labute approximate surface area is 157 Å². The summed E-state index contributed by atoms with van der Waals surface area (Å²) in [7, 11) is 2.02. The molecule has 0 fully saturated rings. The van der Waals surface area contributed by atoms with Crippen LogP contribution in [0.25, 0.3) is 11.0 Å². The van der Waals surface area contributed by atoms with Gasteiger partial charge in [-0.15, -0.1) is 0 Å². The van der Waals surface area contributed by atoms with Crippen molar-refractivity contribution in [2.24, 2.45) is 7.05 Å². The molecule has 0 radical (unpaired) electrons. The van der Waals surface area contributed by atoms with E-state index in [4.69, 9.17) is 4.98 Å². The van der Waals surface area contributed by atoms with Gasteiger partial charge in [0.25, 0.3) is 5.91 Å². The molecular formula is C21H21N5O. The molecule has 0 spiro atoms. The summed E-state index contributed by atoms with van der Waals surface area (Å²) in [6.45, 7) is 2.83. The van der Waals surface area contributed by atoms with Crippen molar-refractivity contribution in [2.75, 3.05) is 5.32 Å². The molecule has 0 atom stereocenters. The molecule has 2 aromatic heterocycles. The van der Waals surface area contributed by atoms with Gasteiger partial charge in [0, 0.05) is 43.7 Å². The number of anilines is 1. The van der Waals surface area contributed by atoms with Gasteiger partial charge in [-0.1, -0.05) is 18.2 Å². The number of hydrogen-bond donors (Lipinski definition) is 1. The zero-order valence-corrected chi connectivity index (χ0v) is 15.4. The summed E-state index contributed by atoms with van der Waals surface area (Å²) >= 11 is 0. The van der Waals surface area contributed by atoms with E-state index in [1.165, 1.54) is 0 Å². The Bertz CT molecular complexity index is 1090. The molecule has 0 aliphatic rings. The molecule has 0 saturated carbocycles. The van der Waals surface area contributed by atoms with Crippen LogP contribution in [0.2, 0.25) is 0 Å². The second-order valence-electron chi connectivity index (χ2n) is 6.53. The van der Waals surface area contributed by atoms with E-state index in [9.17, 15) is 4.79 Å². The largest absolute Gasteiger partial charge is 0.335 e. The number of amides is 1. The first kappa shape index (κ1) is 17.0. The number of aromatic nitrogens is 4. The Morgan fingerprint density at radius 3 is 2.70 bits per heavy atom. The molecule has 6 nitrogen and oxygen atoms in total. The normalized spacial score (nSPS) is 11.0. The molecule has 0 bridgehead atoms. The summed E-state index contributed by atoms with van der Waals surface area (Å²) in [5.74, 6) is 1.88. The number of rotatable bonds is 5. The second kappa shape index (κ2) is 7.07. The van der Waals surface area contributed by atoms with Crippen LogP contribution in [0.15, 0.2) is 60.9 Å². The minimum atomic E-state index is -0.123. The van der Waals surface area contributed by atoms with Gasteiger partial charge >= 0.3 is 0 Å². The van der Waals surface area contributed by atoms with Gasteiger partial charge in [-0.2, -0.15) is 0 Å². The van der Waals surface area contributed by atoms with E-state index in [-0.39, 0.29) is 5.91 Å². The average molecular weight is 359 g/mol. The Morgan fingerprint density at radius 1 is 1.15 bits per heavy atom. The third-order valence-corrected chi connectivity index (χ3v) is 4.77. The molecule has 136 valence electrons. The van der Waals surface area contributed by atoms with Gasteiger partial charge in [-0.05, 0) is 37.3 Å². The lowest BCUT2D eigenvalue weighted by molar-refractivity contribution is 0.102. The van der Waals surface area contributed by atoms with Crippen molar-refractivity contribution >= 4 is 22.6 Å². The smallest absolute Gasteiger partial charge is 0.255 e. The van der Waals surface area contributed by atoms with Gasteiger partial charge < -0.3 is 14.5 Å². The zero-order valence-electron chi connectivity index (χ0n) is 15.4. The molecule has 1 N–H and O–H groups in total. The molecular weight excluding hydrogens is 338 g/mol. The molecule has 2 aromatic carbocycles. The fourth-order valence-corrected chi connectivity index (χ4v) is 3.20. The van der Waals surface area contributed by atoms with Crippen molar-refractivity contribution in [3.05, 3.63) is 78.1 Å². The molecule has 6 heteroatoms. The lowest BCUT2D eigenvalue weighted by Gasteiger charge is -2.06. The number of carbonyl (C=O) groups is 1. The highest BCUT2D eigenvalue weighted by molar-refractivity contribution is 6.04. The first-order valence-corrected chi connectivity index (χ1v) is 8.91. The lowest BCUT2D eigenvalue weighted by Crippen LogP contribution is -2.11. The number of aryl methyl sites for hydroxylation is 4. The summed E-state index contributed by atoms with van der Waals surface area (Å²) < 4.78 is 4.22. The summed E-state index contributed by atoms with van der Waals surface area (Å²) in [6, 6.07) is 15.0. The molecule has 0 aliphatic heterocycles. The van der Waals surface area contributed by atoms with Crippen LogP contribution in [0, 0.1) is 6.92 Å². The number of fused-ring (bicyclic) bond motifs is 1. The predicted octanol–water partition coefficient (Wildman–Crippen LogP) is 3.57. The van der Waals surface area contributed by atoms with Crippen molar-refractivity contribution in [3.8, 4) is 0 Å². The van der Waals surface area contributed by atoms with Crippen LogP contribution in [-0.4, -0.2) is 25.0 Å². The zero-order chi connectivity index (χ0) is 18.8. The van der Waals surface area contributed by atoms with Gasteiger partial charge in [-0.3, -0.25) is 4.79 Å². The van der Waals surface area contributed by atoms with Crippen LogP contribution in [0.5, 0.6) is 0 Å². The minimum Gasteiger partial charge on any atom is -0.335 e.